The van der Waals surface area contributed by atoms with Gasteiger partial charge in [-0.2, -0.15) is 13.9 Å². The molecular formula is C10H10Cl2F2N4. The molecular weight excluding hydrogens is 285 g/mol. The number of halogens is 4. The highest BCUT2D eigenvalue weighted by molar-refractivity contribution is 6.37. The summed E-state index contributed by atoms with van der Waals surface area (Å²) in [5, 5.41) is 5.99. The third-order valence-corrected chi connectivity index (χ3v) is 3.18. The maximum absolute atomic E-state index is 12.7. The van der Waals surface area contributed by atoms with Gasteiger partial charge in [0.25, 0.3) is 0 Å². The van der Waals surface area contributed by atoms with Crippen molar-refractivity contribution in [3.05, 3.63) is 22.2 Å². The first-order chi connectivity index (χ1) is 8.40. The first-order valence-electron chi connectivity index (χ1n) is 5.02. The van der Waals surface area contributed by atoms with Crippen LogP contribution in [0.2, 0.25) is 10.0 Å². The molecule has 1 heterocycles. The van der Waals surface area contributed by atoms with E-state index in [1.165, 1.54) is 24.1 Å². The molecule has 0 unspecified atom stereocenters. The minimum absolute atomic E-state index is 0.0791. The highest BCUT2D eigenvalue weighted by atomic mass is 35.5. The lowest BCUT2D eigenvalue weighted by molar-refractivity contribution is 0.0268. The van der Waals surface area contributed by atoms with Gasteiger partial charge in [0.2, 0.25) is 0 Å². The van der Waals surface area contributed by atoms with Crippen molar-refractivity contribution in [2.24, 2.45) is 5.10 Å². The molecule has 0 saturated heterocycles. The van der Waals surface area contributed by atoms with Gasteiger partial charge in [0.15, 0.2) is 0 Å². The number of nitrogens with zero attached hydrogens (tertiary/aromatic N) is 3. The normalized spacial score (nSPS) is 15.6. The van der Waals surface area contributed by atoms with Gasteiger partial charge in [0.05, 0.1) is 21.4 Å². The van der Waals surface area contributed by atoms with E-state index in [2.05, 4.69) is 5.10 Å². The summed E-state index contributed by atoms with van der Waals surface area (Å²) < 4.78 is 25.3. The quantitative estimate of drug-likeness (QED) is 0.673. The van der Waals surface area contributed by atoms with Gasteiger partial charge >= 0.3 is 6.55 Å². The van der Waals surface area contributed by atoms with Crippen molar-refractivity contribution >= 4 is 40.4 Å². The summed E-state index contributed by atoms with van der Waals surface area (Å²) in [6, 6.07) is 2.97. The van der Waals surface area contributed by atoms with Gasteiger partial charge in [-0.25, -0.2) is 5.01 Å². The van der Waals surface area contributed by atoms with Crippen LogP contribution in [-0.2, 0) is 0 Å². The second-order valence-corrected chi connectivity index (χ2v) is 4.58. The lowest BCUT2D eigenvalue weighted by atomic mass is 10.3. The van der Waals surface area contributed by atoms with Crippen LogP contribution in [0.4, 0.5) is 20.2 Å². The highest BCUT2D eigenvalue weighted by Crippen LogP contribution is 2.35. The van der Waals surface area contributed by atoms with Crippen molar-refractivity contribution in [3.63, 3.8) is 0 Å². The van der Waals surface area contributed by atoms with Crippen LogP contribution in [0, 0.1) is 0 Å². The molecule has 1 aliphatic rings. The van der Waals surface area contributed by atoms with Gasteiger partial charge in [-0.1, -0.05) is 23.2 Å². The third-order valence-electron chi connectivity index (χ3n) is 2.55. The van der Waals surface area contributed by atoms with Crippen molar-refractivity contribution in [2.45, 2.75) is 13.5 Å². The number of hydrogen-bond acceptors (Lipinski definition) is 4. The summed E-state index contributed by atoms with van der Waals surface area (Å²) in [5.74, 6) is 0.217. The van der Waals surface area contributed by atoms with E-state index in [1.54, 1.807) is 0 Å². The van der Waals surface area contributed by atoms with Gasteiger partial charge < -0.3 is 5.73 Å². The first-order valence-corrected chi connectivity index (χ1v) is 5.78. The Morgan fingerprint density at radius 2 is 2.00 bits per heavy atom. The van der Waals surface area contributed by atoms with Crippen LogP contribution in [-0.4, -0.2) is 24.0 Å². The summed E-state index contributed by atoms with van der Waals surface area (Å²) in [4.78, 5) is 0.848. The second kappa shape index (κ2) is 4.78. The van der Waals surface area contributed by atoms with Crippen LogP contribution in [0.25, 0.3) is 0 Å². The van der Waals surface area contributed by atoms with Crippen LogP contribution in [0.3, 0.4) is 0 Å². The van der Waals surface area contributed by atoms with E-state index in [1.807, 2.05) is 0 Å². The van der Waals surface area contributed by atoms with E-state index in [9.17, 15) is 8.78 Å². The fraction of sp³-hybridized carbons (Fsp3) is 0.300. The van der Waals surface area contributed by atoms with Crippen LogP contribution >= 0.6 is 23.2 Å². The number of nitrogen functional groups attached to an aromatic ring is 1. The maximum atomic E-state index is 12.7. The Hall–Kier alpha value is -1.27. The fourth-order valence-corrected chi connectivity index (χ4v) is 2.08. The first kappa shape index (κ1) is 13.2. The van der Waals surface area contributed by atoms with Crippen molar-refractivity contribution in [1.29, 1.82) is 0 Å². The zero-order valence-electron chi connectivity index (χ0n) is 9.37. The summed E-state index contributed by atoms with van der Waals surface area (Å²) in [6.45, 7) is -1.19. The molecule has 0 spiro atoms. The molecule has 18 heavy (non-hydrogen) atoms. The minimum atomic E-state index is -2.61. The average molecular weight is 295 g/mol. The third kappa shape index (κ3) is 2.30. The van der Waals surface area contributed by atoms with Gasteiger partial charge in [0, 0.05) is 0 Å². The van der Waals surface area contributed by atoms with E-state index >= 15 is 0 Å². The molecule has 0 aromatic heterocycles. The summed E-state index contributed by atoms with van der Waals surface area (Å²) in [5.41, 5.74) is 6.42. The maximum Gasteiger partial charge on any atom is 0.317 e. The summed E-state index contributed by atoms with van der Waals surface area (Å²) >= 11 is 11.8. The SMILES string of the molecule is CC1=NN(c2cc(N)c(Cl)cc2Cl)CN1C(F)F. The number of nitrogens with two attached hydrogens (primary N) is 1. The molecule has 8 heteroatoms. The minimum Gasteiger partial charge on any atom is -0.397 e. The molecule has 1 aromatic carbocycles. The van der Waals surface area contributed by atoms with Crippen LogP contribution < -0.4 is 10.7 Å². The Bertz CT molecular complexity index is 507. The van der Waals surface area contributed by atoms with Crippen molar-refractivity contribution in [3.8, 4) is 0 Å². The van der Waals surface area contributed by atoms with E-state index < -0.39 is 6.55 Å². The lowest BCUT2D eigenvalue weighted by Gasteiger charge is -2.20. The molecule has 0 saturated carbocycles. The summed E-state index contributed by atoms with van der Waals surface area (Å²) in [7, 11) is 0. The Morgan fingerprint density at radius 3 is 2.56 bits per heavy atom. The molecule has 98 valence electrons. The lowest BCUT2D eigenvalue weighted by Crippen LogP contribution is -2.34. The number of benzene rings is 1. The molecule has 0 atom stereocenters. The van der Waals surface area contributed by atoms with E-state index in [0.717, 1.165) is 4.90 Å². The number of hydrogen-bond donors (Lipinski definition) is 1. The number of alkyl halides is 2. The summed E-state index contributed by atoms with van der Waals surface area (Å²) in [6.07, 6.45) is 0. The van der Waals surface area contributed by atoms with E-state index in [-0.39, 0.29) is 12.5 Å². The molecule has 1 aliphatic heterocycles. The molecule has 0 bridgehead atoms. The smallest absolute Gasteiger partial charge is 0.317 e. The Labute approximate surface area is 113 Å². The van der Waals surface area contributed by atoms with Crippen molar-refractivity contribution in [2.75, 3.05) is 17.4 Å². The Kier molecular flexibility index (Phi) is 3.49. The predicted octanol–water partition coefficient (Wildman–Crippen LogP) is 3.21. The van der Waals surface area contributed by atoms with Crippen molar-refractivity contribution < 1.29 is 8.78 Å². The highest BCUT2D eigenvalue weighted by Gasteiger charge is 2.28. The van der Waals surface area contributed by atoms with Crippen LogP contribution in [0.15, 0.2) is 17.2 Å². The largest absolute Gasteiger partial charge is 0.397 e. The molecule has 4 nitrogen and oxygen atoms in total. The van der Waals surface area contributed by atoms with Gasteiger partial charge in [-0.3, -0.25) is 4.90 Å². The Balaban J connectivity index is 2.33. The van der Waals surface area contributed by atoms with Gasteiger partial charge in [-0.15, -0.1) is 0 Å². The fourth-order valence-electron chi connectivity index (χ4n) is 1.59. The molecule has 0 fully saturated rings. The molecule has 0 radical (unpaired) electrons. The molecule has 2 N–H and O–H groups in total. The zero-order chi connectivity index (χ0) is 13.4. The van der Waals surface area contributed by atoms with Crippen molar-refractivity contribution in [1.82, 2.24) is 4.90 Å². The number of rotatable bonds is 2. The topological polar surface area (TPSA) is 44.9 Å². The predicted molar refractivity (Wildman–Crippen MR) is 69.2 cm³/mol. The zero-order valence-corrected chi connectivity index (χ0v) is 10.9. The number of hydrazone groups is 1. The average Bonchev–Trinajstić information content (AvgIpc) is 2.65. The van der Waals surface area contributed by atoms with E-state index in [0.29, 0.717) is 21.4 Å². The Morgan fingerprint density at radius 1 is 1.33 bits per heavy atom. The molecule has 1 aromatic rings. The van der Waals surface area contributed by atoms with E-state index in [4.69, 9.17) is 28.9 Å². The standard InChI is InChI=1S/C10H10Cl2F2N4/c1-5-16-18(4-17(5)10(13)14)9-3-8(15)6(11)2-7(9)12/h2-3,10H,4,15H2,1H3. The van der Waals surface area contributed by atoms with Crippen LogP contribution in [0.1, 0.15) is 6.92 Å². The molecule has 2 rings (SSSR count). The molecule has 0 amide bonds. The number of amidine groups is 1. The number of anilines is 2. The monoisotopic (exact) mass is 294 g/mol. The van der Waals surface area contributed by atoms with Gasteiger partial charge in [-0.05, 0) is 19.1 Å². The van der Waals surface area contributed by atoms with Gasteiger partial charge in [0.1, 0.15) is 12.5 Å². The molecule has 0 aliphatic carbocycles. The second-order valence-electron chi connectivity index (χ2n) is 3.76. The van der Waals surface area contributed by atoms with Crippen LogP contribution in [0.5, 0.6) is 0 Å².